The summed E-state index contributed by atoms with van der Waals surface area (Å²) in [6, 6.07) is 2.03. The third kappa shape index (κ3) is 1.82. The number of ketones is 1. The monoisotopic (exact) mass is 199 g/mol. The van der Waals surface area contributed by atoms with Gasteiger partial charge >= 0.3 is 0 Å². The second-order valence-corrected chi connectivity index (χ2v) is 2.75. The number of nitrogens with two attached hydrogens (primary N) is 1. The average Bonchev–Trinajstić information content (AvgIpc) is 2.15. The van der Waals surface area contributed by atoms with Gasteiger partial charge in [0, 0.05) is 6.42 Å². The molecule has 0 bridgehead atoms. The zero-order chi connectivity index (χ0) is 10.7. The predicted molar refractivity (Wildman–Crippen MR) is 47.7 cm³/mol. The first kappa shape index (κ1) is 10.5. The molecule has 4 N–H and O–H groups in total. The number of aromatic hydroxyl groups is 2. The van der Waals surface area contributed by atoms with Crippen LogP contribution in [0.25, 0.3) is 0 Å². The van der Waals surface area contributed by atoms with Gasteiger partial charge < -0.3 is 15.9 Å². The molecule has 0 atom stereocenters. The molecule has 0 heterocycles. The molecule has 0 fully saturated rings. The summed E-state index contributed by atoms with van der Waals surface area (Å²) in [5, 5.41) is 18.2. The molecule has 0 aromatic heterocycles. The zero-order valence-electron chi connectivity index (χ0n) is 7.33. The largest absolute Gasteiger partial charge is 0.504 e. The highest BCUT2D eigenvalue weighted by molar-refractivity contribution is 5.99. The van der Waals surface area contributed by atoms with Gasteiger partial charge in [0.25, 0.3) is 0 Å². The van der Waals surface area contributed by atoms with Gasteiger partial charge in [-0.05, 0) is 18.7 Å². The molecule has 0 aliphatic heterocycles. The lowest BCUT2D eigenvalue weighted by Crippen LogP contribution is -2.08. The van der Waals surface area contributed by atoms with E-state index in [1.807, 2.05) is 0 Å². The highest BCUT2D eigenvalue weighted by Crippen LogP contribution is 2.31. The summed E-state index contributed by atoms with van der Waals surface area (Å²) in [5.41, 5.74) is 5.03. The number of hydrogen-bond acceptors (Lipinski definition) is 4. The SMILES string of the molecule is NCCC(=O)c1ccc(F)c(O)c1O. The van der Waals surface area contributed by atoms with Gasteiger partial charge in [0.1, 0.15) is 0 Å². The first-order valence-electron chi connectivity index (χ1n) is 4.01. The maximum Gasteiger partial charge on any atom is 0.194 e. The Bertz CT molecular complexity index is 365. The first-order valence-corrected chi connectivity index (χ1v) is 4.01. The summed E-state index contributed by atoms with van der Waals surface area (Å²) in [4.78, 5) is 11.3. The van der Waals surface area contributed by atoms with Crippen LogP contribution in [0.4, 0.5) is 4.39 Å². The fourth-order valence-electron chi connectivity index (χ4n) is 1.05. The topological polar surface area (TPSA) is 83.6 Å². The Kier molecular flexibility index (Phi) is 3.03. The Morgan fingerprint density at radius 1 is 1.36 bits per heavy atom. The lowest BCUT2D eigenvalue weighted by atomic mass is 10.1. The van der Waals surface area contributed by atoms with E-state index in [9.17, 15) is 14.3 Å². The Morgan fingerprint density at radius 3 is 2.57 bits per heavy atom. The van der Waals surface area contributed by atoms with Gasteiger partial charge in [-0.1, -0.05) is 0 Å². The van der Waals surface area contributed by atoms with Crippen molar-refractivity contribution < 1.29 is 19.4 Å². The van der Waals surface area contributed by atoms with Crippen molar-refractivity contribution in [3.63, 3.8) is 0 Å². The van der Waals surface area contributed by atoms with Crippen molar-refractivity contribution in [2.75, 3.05) is 6.54 Å². The van der Waals surface area contributed by atoms with Gasteiger partial charge in [-0.15, -0.1) is 0 Å². The maximum atomic E-state index is 12.7. The van der Waals surface area contributed by atoms with E-state index >= 15 is 0 Å². The zero-order valence-corrected chi connectivity index (χ0v) is 7.33. The molecule has 0 unspecified atom stereocenters. The summed E-state index contributed by atoms with van der Waals surface area (Å²) < 4.78 is 12.7. The lowest BCUT2D eigenvalue weighted by Gasteiger charge is -2.04. The minimum Gasteiger partial charge on any atom is -0.504 e. The predicted octanol–water partition coefficient (Wildman–Crippen LogP) is 0.768. The Balaban J connectivity index is 3.11. The summed E-state index contributed by atoms with van der Waals surface area (Å²) in [6.07, 6.45) is 0.0403. The summed E-state index contributed by atoms with van der Waals surface area (Å²) in [6.45, 7) is 0.135. The highest BCUT2D eigenvalue weighted by atomic mass is 19.1. The number of halogens is 1. The van der Waals surface area contributed by atoms with Crippen molar-refractivity contribution in [1.82, 2.24) is 0 Å². The number of phenols is 2. The third-order valence-electron chi connectivity index (χ3n) is 1.77. The van der Waals surface area contributed by atoms with Crippen molar-refractivity contribution in [2.45, 2.75) is 6.42 Å². The van der Waals surface area contributed by atoms with Crippen molar-refractivity contribution >= 4 is 5.78 Å². The minimum absolute atomic E-state index is 0.0403. The van der Waals surface area contributed by atoms with E-state index in [4.69, 9.17) is 10.8 Å². The fourth-order valence-corrected chi connectivity index (χ4v) is 1.05. The average molecular weight is 199 g/mol. The minimum atomic E-state index is -0.966. The van der Waals surface area contributed by atoms with E-state index in [0.717, 1.165) is 12.1 Å². The van der Waals surface area contributed by atoms with Crippen LogP contribution in [0.1, 0.15) is 16.8 Å². The van der Waals surface area contributed by atoms with Crippen LogP contribution in [0.15, 0.2) is 12.1 Å². The number of carbonyl (C=O) groups is 1. The molecule has 1 rings (SSSR count). The number of benzene rings is 1. The molecule has 5 heteroatoms. The molecule has 4 nitrogen and oxygen atoms in total. The second kappa shape index (κ2) is 4.06. The van der Waals surface area contributed by atoms with E-state index in [1.165, 1.54) is 0 Å². The Morgan fingerprint density at radius 2 is 2.00 bits per heavy atom. The number of Topliss-reactive ketones (excluding diaryl/α,β-unsaturated/α-hetero) is 1. The second-order valence-electron chi connectivity index (χ2n) is 2.75. The van der Waals surface area contributed by atoms with E-state index < -0.39 is 23.1 Å². The Labute approximate surface area is 79.8 Å². The Hall–Kier alpha value is -1.62. The molecular formula is C9H10FNO3. The third-order valence-corrected chi connectivity index (χ3v) is 1.77. The fraction of sp³-hybridized carbons (Fsp3) is 0.222. The molecule has 0 radical (unpaired) electrons. The van der Waals surface area contributed by atoms with Gasteiger partial charge in [0.15, 0.2) is 23.1 Å². The molecule has 76 valence electrons. The quantitative estimate of drug-likeness (QED) is 0.496. The summed E-state index contributed by atoms with van der Waals surface area (Å²) >= 11 is 0. The molecule has 0 aliphatic rings. The normalized spacial score (nSPS) is 10.1. The molecule has 0 spiro atoms. The van der Waals surface area contributed by atoms with Crippen LogP contribution in [0, 0.1) is 5.82 Å². The number of carbonyl (C=O) groups excluding carboxylic acids is 1. The molecule has 14 heavy (non-hydrogen) atoms. The van der Waals surface area contributed by atoms with E-state index in [-0.39, 0.29) is 18.5 Å². The van der Waals surface area contributed by atoms with Gasteiger partial charge in [-0.3, -0.25) is 4.79 Å². The maximum absolute atomic E-state index is 12.7. The van der Waals surface area contributed by atoms with Gasteiger partial charge in [0.2, 0.25) is 0 Å². The number of phenolic OH excluding ortho intramolecular Hbond substituents is 2. The molecule has 0 saturated heterocycles. The van der Waals surface area contributed by atoms with E-state index in [1.54, 1.807) is 0 Å². The van der Waals surface area contributed by atoms with Gasteiger partial charge in [-0.25, -0.2) is 4.39 Å². The van der Waals surface area contributed by atoms with Crippen LogP contribution < -0.4 is 5.73 Å². The van der Waals surface area contributed by atoms with Crippen LogP contribution >= 0.6 is 0 Å². The van der Waals surface area contributed by atoms with Crippen LogP contribution in [0.5, 0.6) is 11.5 Å². The highest BCUT2D eigenvalue weighted by Gasteiger charge is 2.16. The number of rotatable bonds is 3. The van der Waals surface area contributed by atoms with Gasteiger partial charge in [-0.2, -0.15) is 0 Å². The smallest absolute Gasteiger partial charge is 0.194 e. The van der Waals surface area contributed by atoms with Crippen LogP contribution in [-0.4, -0.2) is 22.5 Å². The molecule has 0 saturated carbocycles. The molecule has 1 aromatic rings. The van der Waals surface area contributed by atoms with Crippen molar-refractivity contribution in [2.24, 2.45) is 5.73 Å². The standard InChI is InChI=1S/C9H10FNO3/c10-6-2-1-5(7(12)3-4-11)8(13)9(6)14/h1-2,13-14H,3-4,11H2. The van der Waals surface area contributed by atoms with E-state index in [2.05, 4.69) is 0 Å². The molecule has 0 amide bonds. The van der Waals surface area contributed by atoms with Crippen LogP contribution in [0.2, 0.25) is 0 Å². The molecular weight excluding hydrogens is 189 g/mol. The molecule has 0 aliphatic carbocycles. The van der Waals surface area contributed by atoms with Gasteiger partial charge in [0.05, 0.1) is 5.56 Å². The van der Waals surface area contributed by atoms with Crippen LogP contribution in [0.3, 0.4) is 0 Å². The van der Waals surface area contributed by atoms with Crippen LogP contribution in [-0.2, 0) is 0 Å². The molecule has 1 aromatic carbocycles. The van der Waals surface area contributed by atoms with Crippen molar-refractivity contribution in [3.05, 3.63) is 23.5 Å². The van der Waals surface area contributed by atoms with E-state index in [0.29, 0.717) is 0 Å². The van der Waals surface area contributed by atoms with Crippen molar-refractivity contribution in [1.29, 1.82) is 0 Å². The lowest BCUT2D eigenvalue weighted by molar-refractivity contribution is 0.0982. The summed E-state index contributed by atoms with van der Waals surface area (Å²) in [7, 11) is 0. The number of hydrogen-bond donors (Lipinski definition) is 3. The summed E-state index contributed by atoms with van der Waals surface area (Å²) in [5.74, 6) is -3.04. The first-order chi connectivity index (χ1) is 6.57. The van der Waals surface area contributed by atoms with Crippen molar-refractivity contribution in [3.8, 4) is 11.5 Å².